The van der Waals surface area contributed by atoms with Crippen molar-refractivity contribution in [2.45, 2.75) is 57.9 Å². The lowest BCUT2D eigenvalue weighted by molar-refractivity contribution is 0.0930. The Morgan fingerprint density at radius 3 is 2.26 bits per heavy atom. The summed E-state index contributed by atoms with van der Waals surface area (Å²) in [5.41, 5.74) is 1.40. The van der Waals surface area contributed by atoms with E-state index in [1.807, 2.05) is 45.2 Å². The number of carbonyl (C=O) groups is 1. The lowest BCUT2D eigenvalue weighted by Crippen LogP contribution is -2.49. The van der Waals surface area contributed by atoms with Gasteiger partial charge in [0.15, 0.2) is 11.5 Å². The maximum absolute atomic E-state index is 13.5. The van der Waals surface area contributed by atoms with Crippen LogP contribution in [0.3, 0.4) is 0 Å². The third kappa shape index (κ3) is 6.88. The molecule has 204 valence electrons. The number of guanidine groups is 1. The number of ether oxygens (including phenoxy) is 3. The van der Waals surface area contributed by atoms with Crippen molar-refractivity contribution in [3.8, 4) is 23.4 Å². The van der Waals surface area contributed by atoms with E-state index in [4.69, 9.17) is 19.5 Å². The van der Waals surface area contributed by atoms with Crippen molar-refractivity contribution in [3.05, 3.63) is 53.6 Å². The Hall–Kier alpha value is -3.93. The van der Waals surface area contributed by atoms with Crippen molar-refractivity contribution in [2.75, 3.05) is 33.4 Å². The van der Waals surface area contributed by atoms with Crippen LogP contribution >= 0.6 is 0 Å². The van der Waals surface area contributed by atoms with Gasteiger partial charge in [-0.05, 0) is 64.2 Å². The number of carbonyl (C=O) groups excluding carboxylic acids is 1. The van der Waals surface area contributed by atoms with E-state index in [0.29, 0.717) is 55.1 Å². The average molecular weight is 522 g/mol. The summed E-state index contributed by atoms with van der Waals surface area (Å²) in [6, 6.07) is 14.0. The molecule has 0 spiro atoms. The summed E-state index contributed by atoms with van der Waals surface area (Å²) in [5.74, 6) is 1.67. The van der Waals surface area contributed by atoms with Crippen LogP contribution in [0.5, 0.6) is 17.2 Å². The average Bonchev–Trinajstić information content (AvgIpc) is 2.95. The van der Waals surface area contributed by atoms with Gasteiger partial charge in [0.2, 0.25) is 17.9 Å². The van der Waals surface area contributed by atoms with Gasteiger partial charge < -0.3 is 30.2 Å². The van der Waals surface area contributed by atoms with Gasteiger partial charge in [-0.15, -0.1) is 4.99 Å². The first-order valence-electron chi connectivity index (χ1n) is 13.3. The number of amides is 1. The van der Waals surface area contributed by atoms with Gasteiger partial charge in [0.25, 0.3) is 5.91 Å². The molecule has 38 heavy (non-hydrogen) atoms. The second kappa shape index (κ2) is 14.1. The van der Waals surface area contributed by atoms with Crippen LogP contribution in [0.25, 0.3) is 0 Å². The maximum atomic E-state index is 13.5. The van der Waals surface area contributed by atoms with Crippen LogP contribution < -0.4 is 30.2 Å². The fraction of sp³-hybridized carbons (Fsp3) is 0.483. The third-order valence-electron chi connectivity index (χ3n) is 6.85. The molecule has 1 aliphatic carbocycles. The molecule has 2 aromatic carbocycles. The lowest BCUT2D eigenvalue weighted by atomic mass is 9.68. The fourth-order valence-corrected chi connectivity index (χ4v) is 4.98. The number of hydrogen-bond donors (Lipinski definition) is 3. The molecule has 0 saturated heterocycles. The normalized spacial score (nSPS) is 19.1. The molecule has 0 aromatic heterocycles. The Bertz CT molecular complexity index is 1120. The molecule has 0 unspecified atom stereocenters. The monoisotopic (exact) mass is 521 g/mol. The van der Waals surface area contributed by atoms with Crippen molar-refractivity contribution < 1.29 is 19.0 Å². The summed E-state index contributed by atoms with van der Waals surface area (Å²) in [4.78, 5) is 17.3. The zero-order valence-corrected chi connectivity index (χ0v) is 22.8. The smallest absolute Gasteiger partial charge is 0.255 e. The molecule has 0 radical (unpaired) electrons. The Morgan fingerprint density at radius 2 is 1.66 bits per heavy atom. The summed E-state index contributed by atoms with van der Waals surface area (Å²) in [5, 5.41) is 18.4. The van der Waals surface area contributed by atoms with E-state index < -0.39 is 0 Å². The molecule has 1 aliphatic rings. The van der Waals surface area contributed by atoms with Crippen molar-refractivity contribution in [3.63, 3.8) is 0 Å². The fourth-order valence-electron chi connectivity index (χ4n) is 4.98. The number of hydrogen-bond acceptors (Lipinski definition) is 6. The van der Waals surface area contributed by atoms with Gasteiger partial charge in [-0.1, -0.05) is 30.3 Å². The molecule has 0 heterocycles. The van der Waals surface area contributed by atoms with Gasteiger partial charge in [0, 0.05) is 25.0 Å². The largest absolute Gasteiger partial charge is 0.490 e. The van der Waals surface area contributed by atoms with Crippen LogP contribution in [-0.4, -0.2) is 51.3 Å². The molecular weight excluding hydrogens is 482 g/mol. The first-order valence-corrected chi connectivity index (χ1v) is 13.3. The summed E-state index contributed by atoms with van der Waals surface area (Å²) in [7, 11) is 1.74. The van der Waals surface area contributed by atoms with Gasteiger partial charge in [0.05, 0.1) is 25.4 Å². The summed E-state index contributed by atoms with van der Waals surface area (Å²) in [6.07, 6.45) is 5.30. The van der Waals surface area contributed by atoms with Crippen molar-refractivity contribution in [1.82, 2.24) is 16.0 Å². The van der Waals surface area contributed by atoms with Crippen molar-refractivity contribution in [2.24, 2.45) is 4.99 Å². The maximum Gasteiger partial charge on any atom is 0.255 e. The van der Waals surface area contributed by atoms with E-state index in [-0.39, 0.29) is 17.4 Å². The molecule has 3 N–H and O–H groups in total. The van der Waals surface area contributed by atoms with Crippen LogP contribution in [0.4, 0.5) is 0 Å². The number of rotatable bonds is 11. The van der Waals surface area contributed by atoms with E-state index in [1.54, 1.807) is 19.2 Å². The molecular formula is C29H39N5O4. The first kappa shape index (κ1) is 28.6. The highest BCUT2D eigenvalue weighted by atomic mass is 16.5. The zero-order valence-electron chi connectivity index (χ0n) is 22.8. The SMILES string of the molecule is CCOc1ccc(C(=O)NCC2(c3ccccc3)CCC(N/C(=N/C#N)NC)CC2)c(OCC)c1OCC. The van der Waals surface area contributed by atoms with E-state index in [9.17, 15) is 4.79 Å². The van der Waals surface area contributed by atoms with Gasteiger partial charge in [-0.2, -0.15) is 5.26 Å². The molecule has 9 heteroatoms. The number of aliphatic imine (C=N–C) groups is 1. The molecule has 0 aliphatic heterocycles. The predicted octanol–water partition coefficient (Wildman–Crippen LogP) is 4.14. The Balaban J connectivity index is 1.83. The molecule has 3 rings (SSSR count). The minimum absolute atomic E-state index is 0.187. The quantitative estimate of drug-likeness (QED) is 0.231. The second-order valence-corrected chi connectivity index (χ2v) is 9.13. The van der Waals surface area contributed by atoms with E-state index >= 15 is 0 Å². The summed E-state index contributed by atoms with van der Waals surface area (Å²) < 4.78 is 17.5. The first-order chi connectivity index (χ1) is 18.5. The molecule has 2 aromatic rings. The van der Waals surface area contributed by atoms with Gasteiger partial charge in [0.1, 0.15) is 0 Å². The van der Waals surface area contributed by atoms with E-state index in [2.05, 4.69) is 33.1 Å². The topological polar surface area (TPSA) is 117 Å². The van der Waals surface area contributed by atoms with Crippen LogP contribution in [0, 0.1) is 11.5 Å². The van der Waals surface area contributed by atoms with Crippen molar-refractivity contribution in [1.29, 1.82) is 5.26 Å². The Morgan fingerprint density at radius 1 is 1.00 bits per heavy atom. The Kier molecular flexibility index (Phi) is 10.6. The summed E-state index contributed by atoms with van der Waals surface area (Å²) >= 11 is 0. The molecule has 1 amide bonds. The number of benzene rings is 2. The van der Waals surface area contributed by atoms with Crippen molar-refractivity contribution >= 4 is 11.9 Å². The Labute approximate surface area is 225 Å². The van der Waals surface area contributed by atoms with E-state index in [0.717, 1.165) is 25.7 Å². The summed E-state index contributed by atoms with van der Waals surface area (Å²) in [6.45, 7) is 7.44. The molecule has 1 saturated carbocycles. The zero-order chi connectivity index (χ0) is 27.4. The number of nitrogens with zero attached hydrogens (tertiary/aromatic N) is 2. The van der Waals surface area contributed by atoms with Gasteiger partial charge in [-0.25, -0.2) is 0 Å². The van der Waals surface area contributed by atoms with Crippen LogP contribution in [0.15, 0.2) is 47.5 Å². The molecule has 1 fully saturated rings. The van der Waals surface area contributed by atoms with Gasteiger partial charge in [-0.3, -0.25) is 4.79 Å². The predicted molar refractivity (Wildman–Crippen MR) is 148 cm³/mol. The van der Waals surface area contributed by atoms with Crippen LogP contribution in [0.1, 0.15) is 62.4 Å². The highest BCUT2D eigenvalue weighted by molar-refractivity contribution is 5.98. The number of nitriles is 1. The molecule has 0 bridgehead atoms. The van der Waals surface area contributed by atoms with E-state index in [1.165, 1.54) is 5.56 Å². The lowest BCUT2D eigenvalue weighted by Gasteiger charge is -2.41. The highest BCUT2D eigenvalue weighted by Crippen LogP contribution is 2.42. The standard InChI is InChI=1S/C29H39N5O4/c1-5-36-24-14-13-23(25(37-6-2)26(24)38-7-3)27(35)32-19-29(21-11-9-8-10-12-21)17-15-22(16-18-29)34-28(31-4)33-20-30/h8-14,22H,5-7,15-19H2,1-4H3,(H,32,35)(H2,31,33,34). The van der Waals surface area contributed by atoms with Crippen LogP contribution in [-0.2, 0) is 5.41 Å². The second-order valence-electron chi connectivity index (χ2n) is 9.13. The molecule has 9 nitrogen and oxygen atoms in total. The van der Waals surface area contributed by atoms with Crippen LogP contribution in [0.2, 0.25) is 0 Å². The third-order valence-corrected chi connectivity index (χ3v) is 6.85. The molecule has 0 atom stereocenters. The number of nitrogens with one attached hydrogen (secondary N) is 3. The highest BCUT2D eigenvalue weighted by Gasteiger charge is 2.38. The van der Waals surface area contributed by atoms with Gasteiger partial charge >= 0.3 is 0 Å². The minimum Gasteiger partial charge on any atom is -0.490 e. The minimum atomic E-state index is -0.221.